The van der Waals surface area contributed by atoms with Gasteiger partial charge in [0.2, 0.25) is 0 Å². The number of amides is 1. The molecule has 1 aromatic carbocycles. The lowest BCUT2D eigenvalue weighted by Crippen LogP contribution is -2.40. The van der Waals surface area contributed by atoms with Gasteiger partial charge in [-0.2, -0.15) is 0 Å². The fourth-order valence-electron chi connectivity index (χ4n) is 2.58. The minimum Gasteiger partial charge on any atom is -0.508 e. The van der Waals surface area contributed by atoms with Crippen LogP contribution in [-0.2, 0) is 0 Å². The molecule has 1 aliphatic heterocycles. The van der Waals surface area contributed by atoms with E-state index in [9.17, 15) is 15.0 Å². The van der Waals surface area contributed by atoms with Crippen LogP contribution < -0.4 is 0 Å². The Morgan fingerprint density at radius 3 is 2.83 bits per heavy atom. The third-order valence-electron chi connectivity index (χ3n) is 3.77. The fraction of sp³-hybridized carbons (Fsp3) is 0.500. The molecule has 0 radical (unpaired) electrons. The second kappa shape index (κ2) is 4.98. The first-order chi connectivity index (χ1) is 8.54. The van der Waals surface area contributed by atoms with Crippen molar-refractivity contribution in [3.05, 3.63) is 29.3 Å². The summed E-state index contributed by atoms with van der Waals surface area (Å²) in [5.41, 5.74) is 1.36. The van der Waals surface area contributed by atoms with E-state index in [0.29, 0.717) is 18.0 Å². The van der Waals surface area contributed by atoms with Crippen LogP contribution in [0.15, 0.2) is 18.2 Å². The first-order valence-corrected chi connectivity index (χ1v) is 6.26. The number of benzene rings is 1. The first-order valence-electron chi connectivity index (χ1n) is 6.26. The Bertz CT molecular complexity index is 458. The number of carbonyl (C=O) groups excluding carboxylic acids is 1. The largest absolute Gasteiger partial charge is 0.508 e. The summed E-state index contributed by atoms with van der Waals surface area (Å²) in [6, 6.07) is 4.66. The zero-order chi connectivity index (χ0) is 13.3. The van der Waals surface area contributed by atoms with Crippen LogP contribution in [0, 0.1) is 12.8 Å². The van der Waals surface area contributed by atoms with E-state index in [2.05, 4.69) is 6.92 Å². The monoisotopic (exact) mass is 249 g/mol. The highest BCUT2D eigenvalue weighted by Gasteiger charge is 2.34. The van der Waals surface area contributed by atoms with Gasteiger partial charge in [-0.25, -0.2) is 0 Å². The van der Waals surface area contributed by atoms with Gasteiger partial charge in [-0.15, -0.1) is 0 Å². The minimum atomic E-state index is -0.0919. The van der Waals surface area contributed by atoms with E-state index in [1.54, 1.807) is 24.0 Å². The van der Waals surface area contributed by atoms with Gasteiger partial charge < -0.3 is 15.1 Å². The number of likely N-dealkylation sites (tertiary alicyclic amines) is 1. The van der Waals surface area contributed by atoms with Crippen molar-refractivity contribution in [3.63, 3.8) is 0 Å². The summed E-state index contributed by atoms with van der Waals surface area (Å²) in [5.74, 6) is 0.435. The summed E-state index contributed by atoms with van der Waals surface area (Å²) >= 11 is 0. The van der Waals surface area contributed by atoms with Crippen LogP contribution in [0.1, 0.15) is 29.3 Å². The Labute approximate surface area is 107 Å². The van der Waals surface area contributed by atoms with E-state index in [0.717, 1.165) is 12.0 Å². The van der Waals surface area contributed by atoms with Gasteiger partial charge in [-0.3, -0.25) is 4.79 Å². The van der Waals surface area contributed by atoms with Crippen LogP contribution in [0.25, 0.3) is 0 Å². The zero-order valence-electron chi connectivity index (χ0n) is 10.8. The molecule has 1 saturated heterocycles. The summed E-state index contributed by atoms with van der Waals surface area (Å²) < 4.78 is 0. The molecule has 2 rings (SSSR count). The van der Waals surface area contributed by atoms with Crippen molar-refractivity contribution < 1.29 is 15.0 Å². The number of phenols is 1. The molecule has 1 aromatic rings. The Kier molecular flexibility index (Phi) is 3.57. The third-order valence-corrected chi connectivity index (χ3v) is 3.77. The molecule has 0 aromatic heterocycles. The van der Waals surface area contributed by atoms with E-state index in [1.165, 1.54) is 6.07 Å². The molecule has 0 aliphatic carbocycles. The highest BCUT2D eigenvalue weighted by atomic mass is 16.3. The molecule has 1 heterocycles. The molecule has 2 unspecified atom stereocenters. The molecule has 2 atom stereocenters. The molecule has 0 spiro atoms. The molecule has 4 heteroatoms. The van der Waals surface area contributed by atoms with Crippen molar-refractivity contribution in [2.45, 2.75) is 26.3 Å². The number of carbonyl (C=O) groups is 1. The van der Waals surface area contributed by atoms with Gasteiger partial charge in [-0.05, 0) is 43.0 Å². The third kappa shape index (κ3) is 2.20. The van der Waals surface area contributed by atoms with Gasteiger partial charge in [-0.1, -0.05) is 6.92 Å². The highest BCUT2D eigenvalue weighted by molar-refractivity contribution is 5.96. The van der Waals surface area contributed by atoms with E-state index >= 15 is 0 Å². The summed E-state index contributed by atoms with van der Waals surface area (Å²) in [6.07, 6.45) is 0.925. The molecule has 1 fully saturated rings. The molecule has 98 valence electrons. The number of hydrogen-bond donors (Lipinski definition) is 2. The van der Waals surface area contributed by atoms with Crippen LogP contribution in [-0.4, -0.2) is 40.2 Å². The maximum atomic E-state index is 12.4. The Morgan fingerprint density at radius 1 is 1.50 bits per heavy atom. The van der Waals surface area contributed by atoms with E-state index in [1.807, 2.05) is 0 Å². The molecule has 1 aliphatic rings. The lowest BCUT2D eigenvalue weighted by Gasteiger charge is -2.25. The summed E-state index contributed by atoms with van der Waals surface area (Å²) in [6.45, 7) is 4.55. The van der Waals surface area contributed by atoms with Gasteiger partial charge in [0.15, 0.2) is 0 Å². The molecule has 4 nitrogen and oxygen atoms in total. The second-order valence-corrected chi connectivity index (χ2v) is 5.01. The van der Waals surface area contributed by atoms with Crippen LogP contribution >= 0.6 is 0 Å². The predicted molar refractivity (Wildman–Crippen MR) is 68.5 cm³/mol. The van der Waals surface area contributed by atoms with Crippen molar-refractivity contribution in [2.24, 2.45) is 5.92 Å². The quantitative estimate of drug-likeness (QED) is 0.836. The normalized spacial score (nSPS) is 23.4. The number of aliphatic hydroxyl groups is 1. The van der Waals surface area contributed by atoms with Gasteiger partial charge in [0.05, 0.1) is 12.6 Å². The van der Waals surface area contributed by atoms with Gasteiger partial charge in [0, 0.05) is 12.1 Å². The van der Waals surface area contributed by atoms with Gasteiger partial charge in [0.25, 0.3) is 5.91 Å². The molecular weight excluding hydrogens is 230 g/mol. The number of aryl methyl sites for hydroxylation is 1. The maximum Gasteiger partial charge on any atom is 0.254 e. The van der Waals surface area contributed by atoms with Crippen LogP contribution in [0.5, 0.6) is 5.75 Å². The van der Waals surface area contributed by atoms with Crippen molar-refractivity contribution in [3.8, 4) is 5.75 Å². The van der Waals surface area contributed by atoms with E-state index in [4.69, 9.17) is 0 Å². The summed E-state index contributed by atoms with van der Waals surface area (Å²) in [5, 5.41) is 18.7. The number of phenolic OH excluding ortho intramolecular Hbond substituents is 1. The lowest BCUT2D eigenvalue weighted by atomic mass is 10.0. The Morgan fingerprint density at radius 2 is 2.22 bits per heavy atom. The number of hydrogen-bond acceptors (Lipinski definition) is 3. The Hall–Kier alpha value is -1.55. The SMILES string of the molecule is Cc1cc(O)ccc1C(=O)N1CCC(C)C1CO. The molecule has 2 N–H and O–H groups in total. The van der Waals surface area contributed by atoms with Gasteiger partial charge >= 0.3 is 0 Å². The summed E-state index contributed by atoms with van der Waals surface area (Å²) in [4.78, 5) is 14.2. The first kappa shape index (κ1) is 12.9. The van der Waals surface area contributed by atoms with Crippen molar-refractivity contribution in [1.82, 2.24) is 4.90 Å². The van der Waals surface area contributed by atoms with E-state index in [-0.39, 0.29) is 24.3 Å². The molecule has 18 heavy (non-hydrogen) atoms. The smallest absolute Gasteiger partial charge is 0.254 e. The predicted octanol–water partition coefficient (Wildman–Crippen LogP) is 1.54. The minimum absolute atomic E-state index is 0.00401. The molecule has 0 bridgehead atoms. The fourth-order valence-corrected chi connectivity index (χ4v) is 2.58. The molecular formula is C14H19NO3. The average molecular weight is 249 g/mol. The number of aliphatic hydroxyl groups excluding tert-OH is 1. The Balaban J connectivity index is 2.26. The van der Waals surface area contributed by atoms with Crippen molar-refractivity contribution >= 4 is 5.91 Å². The molecule has 0 saturated carbocycles. The van der Waals surface area contributed by atoms with Crippen LogP contribution in [0.4, 0.5) is 0 Å². The maximum absolute atomic E-state index is 12.4. The molecule has 1 amide bonds. The number of nitrogens with zero attached hydrogens (tertiary/aromatic N) is 1. The number of aromatic hydroxyl groups is 1. The lowest BCUT2D eigenvalue weighted by molar-refractivity contribution is 0.0647. The van der Waals surface area contributed by atoms with E-state index < -0.39 is 0 Å². The zero-order valence-corrected chi connectivity index (χ0v) is 10.8. The number of rotatable bonds is 2. The highest BCUT2D eigenvalue weighted by Crippen LogP contribution is 2.26. The van der Waals surface area contributed by atoms with Crippen LogP contribution in [0.2, 0.25) is 0 Å². The standard InChI is InChI=1S/C14H19NO3/c1-9-5-6-15(13(9)8-16)14(18)12-4-3-11(17)7-10(12)2/h3-4,7,9,13,16-17H,5-6,8H2,1-2H3. The van der Waals surface area contributed by atoms with Crippen molar-refractivity contribution in [2.75, 3.05) is 13.2 Å². The topological polar surface area (TPSA) is 60.8 Å². The average Bonchev–Trinajstić information content (AvgIpc) is 2.69. The second-order valence-electron chi connectivity index (χ2n) is 5.01. The van der Waals surface area contributed by atoms with Gasteiger partial charge in [0.1, 0.15) is 5.75 Å². The van der Waals surface area contributed by atoms with Crippen LogP contribution in [0.3, 0.4) is 0 Å². The van der Waals surface area contributed by atoms with Crippen molar-refractivity contribution in [1.29, 1.82) is 0 Å². The summed E-state index contributed by atoms with van der Waals surface area (Å²) in [7, 11) is 0.